The summed E-state index contributed by atoms with van der Waals surface area (Å²) in [6.07, 6.45) is 7.87. The molecule has 2 fully saturated rings. The molecule has 2 saturated carbocycles. The molecule has 2 N–H and O–H groups in total. The molecule has 2 aliphatic rings. The second-order valence-corrected chi connectivity index (χ2v) is 12.1. The molecular formula is C36H36N4O5. The van der Waals surface area contributed by atoms with E-state index < -0.39 is 11.5 Å². The zero-order valence-electron chi connectivity index (χ0n) is 25.3. The number of esters is 1. The number of hydrogen-bond acceptors (Lipinski definition) is 6. The van der Waals surface area contributed by atoms with Crippen molar-refractivity contribution >= 4 is 45.3 Å². The molecule has 2 aliphatic carbocycles. The van der Waals surface area contributed by atoms with Crippen molar-refractivity contribution in [3.63, 3.8) is 0 Å². The zero-order chi connectivity index (χ0) is 31.0. The molecule has 9 heteroatoms. The quantitative estimate of drug-likeness (QED) is 0.180. The lowest BCUT2D eigenvalue weighted by Crippen LogP contribution is -2.61. The molecule has 0 atom stereocenters. The molecule has 2 aromatic heterocycles. The summed E-state index contributed by atoms with van der Waals surface area (Å²) in [5.41, 5.74) is 3.52. The van der Waals surface area contributed by atoms with Crippen LogP contribution in [0.15, 0.2) is 77.2 Å². The lowest BCUT2D eigenvalue weighted by molar-refractivity contribution is -0.125. The Balaban J connectivity index is 1.12. The van der Waals surface area contributed by atoms with Gasteiger partial charge in [-0.25, -0.2) is 9.48 Å². The largest absolute Gasteiger partial charge is 0.460 e. The Morgan fingerprint density at radius 1 is 0.956 bits per heavy atom. The molecule has 2 amide bonds. The summed E-state index contributed by atoms with van der Waals surface area (Å²) in [6, 6.07) is 22.6. The van der Waals surface area contributed by atoms with Crippen molar-refractivity contribution in [2.24, 2.45) is 0 Å². The number of amides is 2. The van der Waals surface area contributed by atoms with E-state index in [-0.39, 0.29) is 24.2 Å². The molecule has 5 aromatic rings. The van der Waals surface area contributed by atoms with Crippen LogP contribution in [0.1, 0.15) is 90.8 Å². The van der Waals surface area contributed by atoms with Gasteiger partial charge in [0.25, 0.3) is 5.91 Å². The lowest BCUT2D eigenvalue weighted by Gasteiger charge is -2.40. The molecule has 0 spiro atoms. The average Bonchev–Trinajstić information content (AvgIpc) is 3.65. The maximum absolute atomic E-state index is 13.6. The van der Waals surface area contributed by atoms with E-state index in [0.29, 0.717) is 41.0 Å². The van der Waals surface area contributed by atoms with Crippen molar-refractivity contribution < 1.29 is 23.5 Å². The predicted molar refractivity (Wildman–Crippen MR) is 172 cm³/mol. The standard InChI is InChI=1S/C36H36N4O5/c1-2-44-34(42)31-22-25-20-26(15-17-30(25)45-31)37-35(43)36(18-9-19-36)38-33(41)24-14-16-28-29(21-24)39-40(27-12-7-4-8-13-27)32(28)23-10-5-3-6-11-23/h4,7-8,12-17,20-23H,2-3,5-6,9-11,18-19H2,1H3,(H,37,43)(H,38,41). The summed E-state index contributed by atoms with van der Waals surface area (Å²) < 4.78 is 12.7. The highest BCUT2D eigenvalue weighted by Crippen LogP contribution is 2.38. The molecular weight excluding hydrogens is 568 g/mol. The topological polar surface area (TPSA) is 115 Å². The van der Waals surface area contributed by atoms with Crippen molar-refractivity contribution in [2.75, 3.05) is 11.9 Å². The predicted octanol–water partition coefficient (Wildman–Crippen LogP) is 7.29. The van der Waals surface area contributed by atoms with Crippen LogP contribution >= 0.6 is 0 Å². The molecule has 3 aromatic carbocycles. The van der Waals surface area contributed by atoms with Crippen LogP contribution in [-0.4, -0.2) is 39.7 Å². The number of nitrogens with zero attached hydrogens (tertiary/aromatic N) is 2. The number of anilines is 1. The Bertz CT molecular complexity index is 1900. The first-order chi connectivity index (χ1) is 21.9. The third kappa shape index (κ3) is 5.47. The van der Waals surface area contributed by atoms with Crippen LogP contribution in [0.25, 0.3) is 27.6 Å². The summed E-state index contributed by atoms with van der Waals surface area (Å²) in [7, 11) is 0. The summed E-state index contributed by atoms with van der Waals surface area (Å²) >= 11 is 0. The smallest absolute Gasteiger partial charge is 0.374 e. The van der Waals surface area contributed by atoms with Gasteiger partial charge in [0.05, 0.1) is 23.5 Å². The monoisotopic (exact) mass is 604 g/mol. The molecule has 9 nitrogen and oxygen atoms in total. The number of nitrogens with one attached hydrogen (secondary N) is 2. The Kier molecular flexibility index (Phi) is 7.61. The molecule has 0 saturated heterocycles. The van der Waals surface area contributed by atoms with E-state index in [1.54, 1.807) is 31.2 Å². The van der Waals surface area contributed by atoms with Crippen LogP contribution in [0.2, 0.25) is 0 Å². The van der Waals surface area contributed by atoms with Crippen molar-refractivity contribution in [3.05, 3.63) is 89.8 Å². The summed E-state index contributed by atoms with van der Waals surface area (Å²) in [4.78, 5) is 39.3. The average molecular weight is 605 g/mol. The van der Waals surface area contributed by atoms with Gasteiger partial charge >= 0.3 is 5.97 Å². The lowest BCUT2D eigenvalue weighted by atomic mass is 9.75. The minimum absolute atomic E-state index is 0.106. The van der Waals surface area contributed by atoms with Crippen molar-refractivity contribution in [1.82, 2.24) is 15.1 Å². The van der Waals surface area contributed by atoms with E-state index in [2.05, 4.69) is 27.4 Å². The van der Waals surface area contributed by atoms with Crippen LogP contribution in [-0.2, 0) is 9.53 Å². The van der Waals surface area contributed by atoms with Crippen molar-refractivity contribution in [1.29, 1.82) is 0 Å². The van der Waals surface area contributed by atoms with E-state index in [4.69, 9.17) is 14.3 Å². The molecule has 0 radical (unpaired) electrons. The van der Waals surface area contributed by atoms with Gasteiger partial charge < -0.3 is 19.8 Å². The summed E-state index contributed by atoms with van der Waals surface area (Å²) in [6.45, 7) is 1.98. The second-order valence-electron chi connectivity index (χ2n) is 12.1. The number of carbonyl (C=O) groups is 3. The van der Waals surface area contributed by atoms with Gasteiger partial charge in [0.1, 0.15) is 11.1 Å². The van der Waals surface area contributed by atoms with Gasteiger partial charge in [0.2, 0.25) is 11.7 Å². The fourth-order valence-electron chi connectivity index (χ4n) is 6.69. The Hall–Kier alpha value is -4.92. The summed E-state index contributed by atoms with van der Waals surface area (Å²) in [5.74, 6) is -0.585. The highest BCUT2D eigenvalue weighted by atomic mass is 16.5. The first-order valence-electron chi connectivity index (χ1n) is 15.9. The maximum atomic E-state index is 13.6. The SMILES string of the molecule is CCOC(=O)c1cc2cc(NC(=O)C3(NC(=O)c4ccc5c(C6CCCCC6)n(-c6ccccc6)nc5c4)CCC3)ccc2o1. The van der Waals surface area contributed by atoms with Crippen molar-refractivity contribution in [3.8, 4) is 5.69 Å². The van der Waals surface area contributed by atoms with E-state index >= 15 is 0 Å². The van der Waals surface area contributed by atoms with Crippen LogP contribution < -0.4 is 10.6 Å². The van der Waals surface area contributed by atoms with Gasteiger partial charge in [-0.15, -0.1) is 0 Å². The van der Waals surface area contributed by atoms with E-state index in [9.17, 15) is 14.4 Å². The minimum atomic E-state index is -1.01. The number of rotatable bonds is 8. The number of para-hydroxylation sites is 1. The molecule has 0 unspecified atom stereocenters. The van der Waals surface area contributed by atoms with Crippen LogP contribution in [0.3, 0.4) is 0 Å². The number of fused-ring (bicyclic) bond motifs is 2. The first-order valence-corrected chi connectivity index (χ1v) is 15.9. The van der Waals surface area contributed by atoms with Crippen LogP contribution in [0.5, 0.6) is 0 Å². The third-order valence-electron chi connectivity index (χ3n) is 9.21. The number of benzene rings is 3. The van der Waals surface area contributed by atoms with Crippen LogP contribution in [0.4, 0.5) is 5.69 Å². The third-order valence-corrected chi connectivity index (χ3v) is 9.21. The number of aromatic nitrogens is 2. The summed E-state index contributed by atoms with van der Waals surface area (Å²) in [5, 5.41) is 12.7. The fraction of sp³-hybridized carbons (Fsp3) is 0.333. The normalized spacial score (nSPS) is 16.3. The molecule has 230 valence electrons. The van der Waals surface area contributed by atoms with E-state index in [1.165, 1.54) is 25.0 Å². The highest BCUT2D eigenvalue weighted by Gasteiger charge is 2.45. The van der Waals surface area contributed by atoms with Gasteiger partial charge in [-0.2, -0.15) is 5.10 Å². The molecule has 7 rings (SSSR count). The maximum Gasteiger partial charge on any atom is 0.374 e. The molecule has 2 heterocycles. The Morgan fingerprint density at radius 2 is 1.76 bits per heavy atom. The first kappa shape index (κ1) is 28.8. The Labute approximate surface area is 260 Å². The molecule has 45 heavy (non-hydrogen) atoms. The van der Waals surface area contributed by atoms with Gasteiger partial charge in [-0.3, -0.25) is 9.59 Å². The molecule has 0 bridgehead atoms. The van der Waals surface area contributed by atoms with Gasteiger partial charge in [-0.1, -0.05) is 43.5 Å². The van der Waals surface area contributed by atoms with Gasteiger partial charge in [-0.05, 0) is 87.6 Å². The number of carbonyl (C=O) groups excluding carboxylic acids is 3. The van der Waals surface area contributed by atoms with Gasteiger partial charge in [0, 0.05) is 27.9 Å². The van der Waals surface area contributed by atoms with Crippen molar-refractivity contribution in [2.45, 2.75) is 69.7 Å². The fourth-order valence-corrected chi connectivity index (χ4v) is 6.69. The zero-order valence-corrected chi connectivity index (χ0v) is 25.3. The van der Waals surface area contributed by atoms with Gasteiger partial charge in [0.15, 0.2) is 0 Å². The van der Waals surface area contributed by atoms with E-state index in [0.717, 1.165) is 35.9 Å². The number of ether oxygens (including phenoxy) is 1. The highest BCUT2D eigenvalue weighted by molar-refractivity contribution is 6.06. The Morgan fingerprint density at radius 3 is 2.49 bits per heavy atom. The number of furan rings is 1. The molecule has 0 aliphatic heterocycles. The minimum Gasteiger partial charge on any atom is -0.460 e. The second kappa shape index (κ2) is 11.9. The van der Waals surface area contributed by atoms with E-state index in [1.807, 2.05) is 36.4 Å². The van der Waals surface area contributed by atoms with Crippen LogP contribution in [0, 0.1) is 0 Å². The number of hydrogen-bond donors (Lipinski definition) is 2.